The molecule has 0 atom stereocenters. The van der Waals surface area contributed by atoms with Crippen LogP contribution in [-0.2, 0) is 16.0 Å². The summed E-state index contributed by atoms with van der Waals surface area (Å²) in [5, 5.41) is 3.06. The molecule has 5 nitrogen and oxygen atoms in total. The van der Waals surface area contributed by atoms with E-state index in [1.807, 2.05) is 32.0 Å². The van der Waals surface area contributed by atoms with E-state index in [0.29, 0.717) is 18.0 Å². The molecule has 0 radical (unpaired) electrons. The van der Waals surface area contributed by atoms with Crippen LogP contribution in [0.1, 0.15) is 19.4 Å². The number of esters is 1. The molecular weight excluding hydrogens is 258 g/mol. The van der Waals surface area contributed by atoms with Crippen molar-refractivity contribution in [2.75, 3.05) is 27.3 Å². The largest absolute Gasteiger partial charge is 0.493 e. The molecule has 0 bridgehead atoms. The molecule has 0 unspecified atom stereocenters. The van der Waals surface area contributed by atoms with Crippen LogP contribution in [-0.4, -0.2) is 39.4 Å². The minimum absolute atomic E-state index is 0.0739. The van der Waals surface area contributed by atoms with Crippen molar-refractivity contribution < 1.29 is 19.0 Å². The Balaban J connectivity index is 2.37. The summed E-state index contributed by atoms with van der Waals surface area (Å²) < 4.78 is 15.5. The van der Waals surface area contributed by atoms with Gasteiger partial charge in [-0.25, -0.2) is 0 Å². The van der Waals surface area contributed by atoms with Crippen LogP contribution in [0.2, 0.25) is 0 Å². The predicted molar refractivity (Wildman–Crippen MR) is 77.3 cm³/mol. The van der Waals surface area contributed by atoms with E-state index in [1.54, 1.807) is 14.2 Å². The Bertz CT molecular complexity index is 432. The van der Waals surface area contributed by atoms with Gasteiger partial charge in [0.2, 0.25) is 0 Å². The van der Waals surface area contributed by atoms with E-state index in [2.05, 4.69) is 5.32 Å². The summed E-state index contributed by atoms with van der Waals surface area (Å²) in [6.07, 6.45) is 0.727. The summed E-state index contributed by atoms with van der Waals surface area (Å²) in [7, 11) is 3.22. The maximum Gasteiger partial charge on any atom is 0.320 e. The second kappa shape index (κ2) is 8.43. The molecule has 0 fully saturated rings. The first-order chi connectivity index (χ1) is 9.56. The summed E-state index contributed by atoms with van der Waals surface area (Å²) in [5.74, 6) is 1.20. The molecule has 0 saturated carbocycles. The highest BCUT2D eigenvalue weighted by molar-refractivity contribution is 5.71. The number of hydrogen-bond donors (Lipinski definition) is 1. The molecule has 1 N–H and O–H groups in total. The van der Waals surface area contributed by atoms with Crippen molar-refractivity contribution in [3.63, 3.8) is 0 Å². The number of rotatable bonds is 8. The fourth-order valence-electron chi connectivity index (χ4n) is 1.76. The maximum atomic E-state index is 11.3. The van der Waals surface area contributed by atoms with Gasteiger partial charge in [-0.1, -0.05) is 6.07 Å². The molecule has 1 aromatic carbocycles. The second-order valence-corrected chi connectivity index (χ2v) is 4.65. The van der Waals surface area contributed by atoms with Crippen LogP contribution >= 0.6 is 0 Å². The molecule has 0 aliphatic rings. The van der Waals surface area contributed by atoms with Crippen LogP contribution in [0.15, 0.2) is 18.2 Å². The molecule has 1 rings (SSSR count). The van der Waals surface area contributed by atoms with Crippen LogP contribution in [0.4, 0.5) is 0 Å². The van der Waals surface area contributed by atoms with E-state index < -0.39 is 0 Å². The predicted octanol–water partition coefficient (Wildman–Crippen LogP) is 1.79. The fourth-order valence-corrected chi connectivity index (χ4v) is 1.76. The quantitative estimate of drug-likeness (QED) is 0.581. The van der Waals surface area contributed by atoms with Gasteiger partial charge in [-0.2, -0.15) is 0 Å². The number of ether oxygens (including phenoxy) is 3. The molecule has 5 heteroatoms. The Kier molecular flexibility index (Phi) is 6.87. The minimum atomic E-state index is -0.229. The molecule has 0 aromatic heterocycles. The van der Waals surface area contributed by atoms with Gasteiger partial charge in [0.1, 0.15) is 0 Å². The van der Waals surface area contributed by atoms with Gasteiger partial charge in [0.15, 0.2) is 11.5 Å². The van der Waals surface area contributed by atoms with Crippen LogP contribution in [0.5, 0.6) is 11.5 Å². The minimum Gasteiger partial charge on any atom is -0.493 e. The smallest absolute Gasteiger partial charge is 0.320 e. The lowest BCUT2D eigenvalue weighted by atomic mass is 10.1. The van der Waals surface area contributed by atoms with Gasteiger partial charge in [-0.3, -0.25) is 4.79 Å². The Morgan fingerprint density at radius 1 is 1.20 bits per heavy atom. The van der Waals surface area contributed by atoms with Crippen molar-refractivity contribution >= 4 is 5.97 Å². The Hall–Kier alpha value is -1.75. The SMILES string of the molecule is COc1ccc(CCNCC(=O)OC(C)C)cc1OC. The van der Waals surface area contributed by atoms with Gasteiger partial charge in [-0.05, 0) is 44.5 Å². The van der Waals surface area contributed by atoms with Crippen LogP contribution < -0.4 is 14.8 Å². The van der Waals surface area contributed by atoms with Gasteiger partial charge < -0.3 is 19.5 Å². The van der Waals surface area contributed by atoms with Crippen molar-refractivity contribution in [2.24, 2.45) is 0 Å². The summed E-state index contributed by atoms with van der Waals surface area (Å²) in [6, 6.07) is 5.80. The van der Waals surface area contributed by atoms with E-state index in [0.717, 1.165) is 12.0 Å². The third-order valence-corrected chi connectivity index (χ3v) is 2.67. The average molecular weight is 281 g/mol. The van der Waals surface area contributed by atoms with E-state index in [-0.39, 0.29) is 18.6 Å². The zero-order chi connectivity index (χ0) is 15.0. The van der Waals surface area contributed by atoms with Gasteiger partial charge in [0, 0.05) is 0 Å². The van der Waals surface area contributed by atoms with Crippen molar-refractivity contribution in [3.8, 4) is 11.5 Å². The highest BCUT2D eigenvalue weighted by Crippen LogP contribution is 2.27. The summed E-state index contributed by atoms with van der Waals surface area (Å²) >= 11 is 0. The third kappa shape index (κ3) is 5.48. The van der Waals surface area contributed by atoms with Gasteiger partial charge in [0.25, 0.3) is 0 Å². The first-order valence-corrected chi connectivity index (χ1v) is 6.68. The van der Waals surface area contributed by atoms with Crippen molar-refractivity contribution in [3.05, 3.63) is 23.8 Å². The maximum absolute atomic E-state index is 11.3. The number of carbonyl (C=O) groups is 1. The van der Waals surface area contributed by atoms with E-state index in [4.69, 9.17) is 14.2 Å². The monoisotopic (exact) mass is 281 g/mol. The van der Waals surface area contributed by atoms with E-state index >= 15 is 0 Å². The normalized spacial score (nSPS) is 10.4. The third-order valence-electron chi connectivity index (χ3n) is 2.67. The first kappa shape index (κ1) is 16.3. The highest BCUT2D eigenvalue weighted by atomic mass is 16.5. The topological polar surface area (TPSA) is 56.8 Å². The lowest BCUT2D eigenvalue weighted by molar-refractivity contribution is -0.146. The molecular formula is C15H23NO4. The molecule has 20 heavy (non-hydrogen) atoms. The number of hydrogen-bond acceptors (Lipinski definition) is 5. The van der Waals surface area contributed by atoms with Crippen LogP contribution in [0.3, 0.4) is 0 Å². The standard InChI is InChI=1S/C15H23NO4/c1-11(2)20-15(17)10-16-8-7-12-5-6-13(18-3)14(9-12)19-4/h5-6,9,11,16H,7-8,10H2,1-4H3. The lowest BCUT2D eigenvalue weighted by Gasteiger charge is -2.10. The number of nitrogens with one attached hydrogen (secondary N) is 1. The van der Waals surface area contributed by atoms with Crippen LogP contribution in [0.25, 0.3) is 0 Å². The number of methoxy groups -OCH3 is 2. The molecule has 0 aliphatic heterocycles. The van der Waals surface area contributed by atoms with Crippen molar-refractivity contribution in [1.29, 1.82) is 0 Å². The van der Waals surface area contributed by atoms with Crippen molar-refractivity contribution in [2.45, 2.75) is 26.4 Å². The number of benzene rings is 1. The van der Waals surface area contributed by atoms with E-state index in [1.165, 1.54) is 0 Å². The Labute approximate surface area is 120 Å². The summed E-state index contributed by atoms with van der Waals surface area (Å²) in [4.78, 5) is 11.3. The zero-order valence-corrected chi connectivity index (χ0v) is 12.6. The zero-order valence-electron chi connectivity index (χ0n) is 12.6. The molecule has 0 aliphatic carbocycles. The van der Waals surface area contributed by atoms with E-state index in [9.17, 15) is 4.79 Å². The number of carbonyl (C=O) groups excluding carboxylic acids is 1. The Morgan fingerprint density at radius 3 is 2.50 bits per heavy atom. The molecule has 112 valence electrons. The summed E-state index contributed by atoms with van der Waals surface area (Å²) in [6.45, 7) is 4.59. The van der Waals surface area contributed by atoms with Crippen molar-refractivity contribution in [1.82, 2.24) is 5.32 Å². The Morgan fingerprint density at radius 2 is 1.90 bits per heavy atom. The molecule has 0 spiro atoms. The first-order valence-electron chi connectivity index (χ1n) is 6.68. The van der Waals surface area contributed by atoms with Gasteiger partial charge in [-0.15, -0.1) is 0 Å². The second-order valence-electron chi connectivity index (χ2n) is 4.65. The highest BCUT2D eigenvalue weighted by Gasteiger charge is 2.06. The summed E-state index contributed by atoms with van der Waals surface area (Å²) in [5.41, 5.74) is 1.12. The molecule has 0 saturated heterocycles. The van der Waals surface area contributed by atoms with Crippen LogP contribution in [0, 0.1) is 0 Å². The average Bonchev–Trinajstić information content (AvgIpc) is 2.42. The lowest BCUT2D eigenvalue weighted by Crippen LogP contribution is -2.28. The molecule has 0 heterocycles. The fraction of sp³-hybridized carbons (Fsp3) is 0.533. The molecule has 0 amide bonds. The molecule has 1 aromatic rings. The van der Waals surface area contributed by atoms with Gasteiger partial charge in [0.05, 0.1) is 26.9 Å². The van der Waals surface area contributed by atoms with Gasteiger partial charge >= 0.3 is 5.97 Å².